The van der Waals surface area contributed by atoms with Crippen LogP contribution in [-0.2, 0) is 11.2 Å². The Morgan fingerprint density at radius 1 is 1.56 bits per heavy atom. The lowest BCUT2D eigenvalue weighted by molar-refractivity contribution is -0.135. The number of nitrogens with one attached hydrogen (secondary N) is 2. The molecule has 2 rings (SSSR count). The summed E-state index contributed by atoms with van der Waals surface area (Å²) in [6, 6.07) is 2.11. The quantitative estimate of drug-likeness (QED) is 0.841. The zero-order valence-corrected chi connectivity index (χ0v) is 13.0. The van der Waals surface area contributed by atoms with Crippen molar-refractivity contribution in [3.63, 3.8) is 0 Å². The highest BCUT2D eigenvalue weighted by atomic mass is 79.9. The van der Waals surface area contributed by atoms with Crippen LogP contribution in [0.2, 0.25) is 0 Å². The average molecular weight is 331 g/mol. The Morgan fingerprint density at radius 2 is 2.33 bits per heavy atom. The normalized spacial score (nSPS) is 17.2. The van der Waals surface area contributed by atoms with Crippen LogP contribution in [-0.4, -0.2) is 26.0 Å². The summed E-state index contributed by atoms with van der Waals surface area (Å²) in [4.78, 5) is 13.5. The Labute approximate surface area is 120 Å². The van der Waals surface area contributed by atoms with E-state index in [-0.39, 0.29) is 11.3 Å². The molecule has 1 aliphatic rings. The van der Waals surface area contributed by atoms with Gasteiger partial charge in [-0.05, 0) is 48.3 Å². The summed E-state index contributed by atoms with van der Waals surface area (Å²) < 4.78 is 1.12. The molecule has 0 aromatic carbocycles. The van der Waals surface area contributed by atoms with Gasteiger partial charge in [0.05, 0.1) is 5.41 Å². The number of hydrogen-bond donors (Lipinski definition) is 2. The number of amides is 1. The van der Waals surface area contributed by atoms with Gasteiger partial charge in [-0.2, -0.15) is 0 Å². The summed E-state index contributed by atoms with van der Waals surface area (Å²) in [7, 11) is 1.91. The van der Waals surface area contributed by atoms with Gasteiger partial charge in [0, 0.05) is 27.8 Å². The van der Waals surface area contributed by atoms with Crippen molar-refractivity contribution >= 4 is 33.2 Å². The van der Waals surface area contributed by atoms with Crippen LogP contribution in [0.1, 0.15) is 24.1 Å². The smallest absolute Gasteiger partial charge is 0.227 e. The van der Waals surface area contributed by atoms with Crippen molar-refractivity contribution < 1.29 is 4.79 Å². The predicted molar refractivity (Wildman–Crippen MR) is 78.9 cm³/mol. The molecule has 1 fully saturated rings. The number of rotatable bonds is 6. The molecular formula is C13H19BrN2OS. The third-order valence-corrected chi connectivity index (χ3v) is 5.34. The Morgan fingerprint density at radius 3 is 2.83 bits per heavy atom. The second-order valence-corrected chi connectivity index (χ2v) is 6.81. The molecule has 18 heavy (non-hydrogen) atoms. The monoisotopic (exact) mass is 330 g/mol. The van der Waals surface area contributed by atoms with Crippen molar-refractivity contribution in [1.82, 2.24) is 10.6 Å². The highest BCUT2D eigenvalue weighted by Crippen LogP contribution is 2.40. The van der Waals surface area contributed by atoms with Gasteiger partial charge >= 0.3 is 0 Å². The second kappa shape index (κ2) is 6.17. The van der Waals surface area contributed by atoms with Gasteiger partial charge in [-0.1, -0.05) is 6.42 Å². The fraction of sp³-hybridized carbons (Fsp3) is 0.615. The highest BCUT2D eigenvalue weighted by molar-refractivity contribution is 9.10. The zero-order valence-electron chi connectivity index (χ0n) is 10.6. The zero-order chi connectivity index (χ0) is 13.0. The summed E-state index contributed by atoms with van der Waals surface area (Å²) in [6.07, 6.45) is 4.12. The number of carbonyl (C=O) groups excluding carboxylic acids is 1. The van der Waals surface area contributed by atoms with Crippen LogP contribution in [0, 0.1) is 5.41 Å². The van der Waals surface area contributed by atoms with E-state index in [0.717, 1.165) is 36.8 Å². The van der Waals surface area contributed by atoms with Crippen LogP contribution >= 0.6 is 27.3 Å². The fourth-order valence-corrected chi connectivity index (χ4v) is 3.85. The number of hydrogen-bond acceptors (Lipinski definition) is 3. The van der Waals surface area contributed by atoms with Crippen molar-refractivity contribution in [2.24, 2.45) is 5.41 Å². The van der Waals surface area contributed by atoms with E-state index in [9.17, 15) is 4.79 Å². The summed E-state index contributed by atoms with van der Waals surface area (Å²) in [5, 5.41) is 8.29. The lowest BCUT2D eigenvalue weighted by Crippen LogP contribution is -2.51. The van der Waals surface area contributed by atoms with E-state index in [4.69, 9.17) is 0 Å². The molecule has 0 spiro atoms. The van der Waals surface area contributed by atoms with Gasteiger partial charge < -0.3 is 10.6 Å². The van der Waals surface area contributed by atoms with Crippen molar-refractivity contribution in [1.29, 1.82) is 0 Å². The Hall–Kier alpha value is -0.390. The van der Waals surface area contributed by atoms with Gasteiger partial charge in [0.25, 0.3) is 0 Å². The van der Waals surface area contributed by atoms with Gasteiger partial charge in [-0.25, -0.2) is 0 Å². The van der Waals surface area contributed by atoms with Gasteiger partial charge in [-0.3, -0.25) is 4.79 Å². The van der Waals surface area contributed by atoms with E-state index in [1.807, 2.05) is 7.05 Å². The molecule has 1 amide bonds. The Kier molecular flexibility index (Phi) is 4.81. The number of carbonyl (C=O) groups is 1. The van der Waals surface area contributed by atoms with Crippen LogP contribution in [0.4, 0.5) is 0 Å². The molecular weight excluding hydrogens is 312 g/mol. The fourth-order valence-electron chi connectivity index (χ4n) is 2.40. The summed E-state index contributed by atoms with van der Waals surface area (Å²) in [5.74, 6) is 0.221. The van der Waals surface area contributed by atoms with Gasteiger partial charge in [-0.15, -0.1) is 11.3 Å². The maximum absolute atomic E-state index is 12.2. The van der Waals surface area contributed by atoms with Crippen molar-refractivity contribution in [3.05, 3.63) is 20.8 Å². The third kappa shape index (κ3) is 3.13. The van der Waals surface area contributed by atoms with Gasteiger partial charge in [0.15, 0.2) is 0 Å². The van der Waals surface area contributed by atoms with E-state index < -0.39 is 0 Å². The molecule has 1 aliphatic carbocycles. The first kappa shape index (κ1) is 14.0. The van der Waals surface area contributed by atoms with Gasteiger partial charge in [0.2, 0.25) is 5.91 Å². The van der Waals surface area contributed by atoms with Crippen LogP contribution in [0.3, 0.4) is 0 Å². The Bertz CT molecular complexity index is 415. The first-order valence-corrected chi connectivity index (χ1v) is 7.99. The molecule has 0 radical (unpaired) electrons. The van der Waals surface area contributed by atoms with E-state index in [1.54, 1.807) is 11.3 Å². The molecule has 3 nitrogen and oxygen atoms in total. The topological polar surface area (TPSA) is 41.1 Å². The lowest BCUT2D eigenvalue weighted by atomic mass is 9.68. The van der Waals surface area contributed by atoms with Crippen molar-refractivity contribution in [3.8, 4) is 0 Å². The molecule has 2 N–H and O–H groups in total. The van der Waals surface area contributed by atoms with Crippen LogP contribution in [0.25, 0.3) is 0 Å². The minimum atomic E-state index is -0.134. The molecule has 1 aromatic rings. The van der Waals surface area contributed by atoms with E-state index in [0.29, 0.717) is 0 Å². The van der Waals surface area contributed by atoms with Crippen LogP contribution in [0.5, 0.6) is 0 Å². The SMILES string of the molecule is CNCC1(C(=O)NCCc2cc(Br)cs2)CCC1. The first-order valence-electron chi connectivity index (χ1n) is 6.32. The average Bonchev–Trinajstić information content (AvgIpc) is 2.69. The number of halogens is 1. The molecule has 0 aliphatic heterocycles. The molecule has 1 heterocycles. The maximum Gasteiger partial charge on any atom is 0.227 e. The molecule has 0 unspecified atom stereocenters. The molecule has 100 valence electrons. The maximum atomic E-state index is 12.2. The van der Waals surface area contributed by atoms with Crippen molar-refractivity contribution in [2.45, 2.75) is 25.7 Å². The highest BCUT2D eigenvalue weighted by Gasteiger charge is 2.43. The molecule has 5 heteroatoms. The first-order chi connectivity index (χ1) is 8.66. The minimum absolute atomic E-state index is 0.134. The molecule has 0 bridgehead atoms. The standard InChI is InChI=1S/C13H19BrN2OS/c1-15-9-13(4-2-5-13)12(17)16-6-3-11-7-10(14)8-18-11/h7-8,15H,2-6,9H2,1H3,(H,16,17). The molecule has 1 saturated carbocycles. The lowest BCUT2D eigenvalue weighted by Gasteiger charge is -2.40. The molecule has 0 saturated heterocycles. The molecule has 0 atom stereocenters. The molecule has 1 aromatic heterocycles. The van der Waals surface area contributed by atoms with Crippen molar-refractivity contribution in [2.75, 3.05) is 20.1 Å². The summed E-state index contributed by atoms with van der Waals surface area (Å²) >= 11 is 5.17. The van der Waals surface area contributed by atoms with E-state index >= 15 is 0 Å². The largest absolute Gasteiger partial charge is 0.355 e. The Balaban J connectivity index is 1.77. The summed E-state index contributed by atoms with van der Waals surface area (Å²) in [5.41, 5.74) is -0.134. The van der Waals surface area contributed by atoms with Gasteiger partial charge in [0.1, 0.15) is 0 Å². The predicted octanol–water partition coefficient (Wildman–Crippen LogP) is 2.56. The third-order valence-electron chi connectivity index (χ3n) is 3.59. The van der Waals surface area contributed by atoms with E-state index in [1.165, 1.54) is 11.3 Å². The minimum Gasteiger partial charge on any atom is -0.355 e. The van der Waals surface area contributed by atoms with Crippen LogP contribution < -0.4 is 10.6 Å². The summed E-state index contributed by atoms with van der Waals surface area (Å²) in [6.45, 7) is 1.53. The van der Waals surface area contributed by atoms with E-state index in [2.05, 4.69) is 38.0 Å². The number of thiophene rings is 1. The van der Waals surface area contributed by atoms with Crippen LogP contribution in [0.15, 0.2) is 15.9 Å². The second-order valence-electron chi connectivity index (χ2n) is 4.90.